The lowest BCUT2D eigenvalue weighted by molar-refractivity contribution is -0.146. The maximum atomic E-state index is 11.0. The fourth-order valence-corrected chi connectivity index (χ4v) is 1.70. The zero-order valence-corrected chi connectivity index (χ0v) is 8.60. The van der Waals surface area contributed by atoms with E-state index in [-0.39, 0.29) is 6.42 Å². The van der Waals surface area contributed by atoms with E-state index >= 15 is 0 Å². The molecule has 1 rings (SSSR count). The second-order valence-electron chi connectivity index (χ2n) is 3.89. The Morgan fingerprint density at radius 1 is 1.53 bits per heavy atom. The van der Waals surface area contributed by atoms with Gasteiger partial charge in [0.2, 0.25) is 0 Å². The highest BCUT2D eigenvalue weighted by molar-refractivity contribution is 6.02. The predicted octanol–water partition coefficient (Wildman–Crippen LogP) is -0.278. The van der Waals surface area contributed by atoms with Crippen LogP contribution in [0, 0.1) is 5.92 Å². The largest absolute Gasteiger partial charge is 0.481 e. The van der Waals surface area contributed by atoms with Crippen molar-refractivity contribution in [2.24, 2.45) is 16.6 Å². The van der Waals surface area contributed by atoms with Gasteiger partial charge in [-0.25, -0.2) is 0 Å². The minimum atomic E-state index is -1.58. The Balaban J connectivity index is 3.09. The van der Waals surface area contributed by atoms with Crippen molar-refractivity contribution in [3.05, 3.63) is 0 Å². The van der Waals surface area contributed by atoms with Gasteiger partial charge in [-0.15, -0.1) is 0 Å². The van der Waals surface area contributed by atoms with Crippen molar-refractivity contribution in [3.8, 4) is 0 Å². The molecule has 1 aliphatic rings. The van der Waals surface area contributed by atoms with Crippen LogP contribution in [0.25, 0.3) is 0 Å². The van der Waals surface area contributed by atoms with Gasteiger partial charge in [0.1, 0.15) is 5.54 Å². The van der Waals surface area contributed by atoms with Crippen molar-refractivity contribution in [1.29, 1.82) is 0 Å². The molecule has 6 heteroatoms. The molecule has 0 aromatic carbocycles. The van der Waals surface area contributed by atoms with Crippen molar-refractivity contribution in [3.63, 3.8) is 0 Å². The summed E-state index contributed by atoms with van der Waals surface area (Å²) in [6, 6.07) is -0.606. The van der Waals surface area contributed by atoms with Crippen molar-refractivity contribution in [2.75, 3.05) is 0 Å². The monoisotopic (exact) mass is 214 g/mol. The Bertz CT molecular complexity index is 339. The molecule has 0 bridgehead atoms. The standard InChI is InChI=1S/C9H14N2O4/c1-4-6(7(12)13)3-9(10,8(14)15)5(2)11-4/h5-6H,3,10H2,1-2H3,(H,12,13)(H,14,15). The first-order chi connectivity index (χ1) is 6.79. The Morgan fingerprint density at radius 2 is 2.07 bits per heavy atom. The Morgan fingerprint density at radius 3 is 2.47 bits per heavy atom. The number of carbonyl (C=O) groups is 2. The second-order valence-corrected chi connectivity index (χ2v) is 3.89. The summed E-state index contributed by atoms with van der Waals surface area (Å²) in [5, 5.41) is 17.8. The summed E-state index contributed by atoms with van der Waals surface area (Å²) in [4.78, 5) is 25.8. The summed E-state index contributed by atoms with van der Waals surface area (Å²) < 4.78 is 0. The molecule has 3 atom stereocenters. The van der Waals surface area contributed by atoms with E-state index < -0.39 is 29.4 Å². The summed E-state index contributed by atoms with van der Waals surface area (Å²) in [6.07, 6.45) is -0.117. The van der Waals surface area contributed by atoms with E-state index in [0.717, 1.165) is 0 Å². The van der Waals surface area contributed by atoms with E-state index in [1.165, 1.54) is 0 Å². The number of hydrogen-bond donors (Lipinski definition) is 3. The molecular weight excluding hydrogens is 200 g/mol. The highest BCUT2D eigenvalue weighted by Crippen LogP contribution is 2.28. The molecule has 0 saturated heterocycles. The van der Waals surface area contributed by atoms with Gasteiger partial charge in [-0.3, -0.25) is 14.6 Å². The predicted molar refractivity (Wildman–Crippen MR) is 52.9 cm³/mol. The first kappa shape index (κ1) is 11.6. The molecule has 6 nitrogen and oxygen atoms in total. The van der Waals surface area contributed by atoms with Gasteiger partial charge in [-0.2, -0.15) is 0 Å². The molecule has 15 heavy (non-hydrogen) atoms. The SMILES string of the molecule is CC1=NC(C)C(N)(C(=O)O)CC1C(=O)O. The first-order valence-electron chi connectivity index (χ1n) is 4.58. The van der Waals surface area contributed by atoms with Gasteiger partial charge in [0.25, 0.3) is 0 Å². The number of carboxylic acid groups (broad SMARTS) is 2. The first-order valence-corrected chi connectivity index (χ1v) is 4.58. The van der Waals surface area contributed by atoms with E-state index in [2.05, 4.69) is 4.99 Å². The minimum absolute atomic E-state index is 0.117. The molecule has 0 radical (unpaired) electrons. The molecule has 0 aromatic rings. The molecule has 84 valence electrons. The van der Waals surface area contributed by atoms with Gasteiger partial charge < -0.3 is 15.9 Å². The molecule has 0 spiro atoms. The third-order valence-electron chi connectivity index (χ3n) is 2.89. The number of carboxylic acids is 2. The molecule has 0 fully saturated rings. The number of aliphatic carboxylic acids is 2. The average molecular weight is 214 g/mol. The van der Waals surface area contributed by atoms with Crippen molar-refractivity contribution < 1.29 is 19.8 Å². The summed E-state index contributed by atoms with van der Waals surface area (Å²) >= 11 is 0. The van der Waals surface area contributed by atoms with Gasteiger partial charge >= 0.3 is 11.9 Å². The van der Waals surface area contributed by atoms with Gasteiger partial charge in [-0.05, 0) is 20.3 Å². The van der Waals surface area contributed by atoms with Crippen LogP contribution in [0.1, 0.15) is 20.3 Å². The molecule has 3 unspecified atom stereocenters. The van der Waals surface area contributed by atoms with E-state index in [4.69, 9.17) is 15.9 Å². The van der Waals surface area contributed by atoms with Crippen molar-refractivity contribution in [1.82, 2.24) is 0 Å². The smallest absolute Gasteiger partial charge is 0.325 e. The number of nitrogens with zero attached hydrogens (tertiary/aromatic N) is 1. The van der Waals surface area contributed by atoms with E-state index in [1.807, 2.05) is 0 Å². The zero-order valence-electron chi connectivity index (χ0n) is 8.60. The normalized spacial score (nSPS) is 35.8. The van der Waals surface area contributed by atoms with E-state index in [1.54, 1.807) is 13.8 Å². The number of nitrogens with two attached hydrogens (primary N) is 1. The zero-order chi connectivity index (χ0) is 11.8. The van der Waals surface area contributed by atoms with Gasteiger partial charge in [0.15, 0.2) is 0 Å². The van der Waals surface area contributed by atoms with Crippen LogP contribution in [0.4, 0.5) is 0 Å². The van der Waals surface area contributed by atoms with Crippen LogP contribution in [0.2, 0.25) is 0 Å². The Labute approximate surface area is 86.8 Å². The maximum absolute atomic E-state index is 11.0. The lowest BCUT2D eigenvalue weighted by atomic mass is 9.78. The summed E-state index contributed by atoms with van der Waals surface area (Å²) in [7, 11) is 0. The van der Waals surface area contributed by atoms with Crippen molar-refractivity contribution >= 4 is 17.7 Å². The van der Waals surface area contributed by atoms with Crippen LogP contribution >= 0.6 is 0 Å². The van der Waals surface area contributed by atoms with Crippen molar-refractivity contribution in [2.45, 2.75) is 31.8 Å². The molecule has 1 heterocycles. The highest BCUT2D eigenvalue weighted by Gasteiger charge is 2.47. The van der Waals surface area contributed by atoms with Crippen LogP contribution in [-0.4, -0.2) is 39.4 Å². The summed E-state index contributed by atoms with van der Waals surface area (Å²) in [5.41, 5.74) is 4.51. The topological polar surface area (TPSA) is 113 Å². The summed E-state index contributed by atoms with van der Waals surface area (Å²) in [6.45, 7) is 3.16. The quantitative estimate of drug-likeness (QED) is 0.585. The molecule has 1 aliphatic heterocycles. The number of rotatable bonds is 2. The molecule has 4 N–H and O–H groups in total. The highest BCUT2D eigenvalue weighted by atomic mass is 16.4. The molecule has 0 saturated carbocycles. The van der Waals surface area contributed by atoms with Crippen LogP contribution in [0.15, 0.2) is 4.99 Å². The maximum Gasteiger partial charge on any atom is 0.325 e. The van der Waals surface area contributed by atoms with Gasteiger partial charge in [0.05, 0.1) is 12.0 Å². The van der Waals surface area contributed by atoms with E-state index in [0.29, 0.717) is 5.71 Å². The average Bonchev–Trinajstić information content (AvgIpc) is 2.10. The number of hydrogen-bond acceptors (Lipinski definition) is 4. The number of aliphatic imine (C=N–C) groups is 1. The third kappa shape index (κ3) is 1.85. The molecule has 0 aliphatic carbocycles. The Kier molecular flexibility index (Phi) is 2.81. The third-order valence-corrected chi connectivity index (χ3v) is 2.89. The fourth-order valence-electron chi connectivity index (χ4n) is 1.70. The fraction of sp³-hybridized carbons (Fsp3) is 0.667. The minimum Gasteiger partial charge on any atom is -0.481 e. The Hall–Kier alpha value is -1.43. The van der Waals surface area contributed by atoms with E-state index in [9.17, 15) is 9.59 Å². The van der Waals surface area contributed by atoms with Crippen LogP contribution in [-0.2, 0) is 9.59 Å². The molecule has 0 amide bonds. The van der Waals surface area contributed by atoms with Crippen LogP contribution < -0.4 is 5.73 Å². The van der Waals surface area contributed by atoms with Crippen LogP contribution in [0.3, 0.4) is 0 Å². The van der Waals surface area contributed by atoms with Gasteiger partial charge in [-0.1, -0.05) is 0 Å². The molecular formula is C9H14N2O4. The van der Waals surface area contributed by atoms with Gasteiger partial charge in [0, 0.05) is 5.71 Å². The molecule has 0 aromatic heterocycles. The second kappa shape index (κ2) is 3.62. The lowest BCUT2D eigenvalue weighted by Crippen LogP contribution is -2.60. The summed E-state index contributed by atoms with van der Waals surface area (Å²) in [5.74, 6) is -3.20. The lowest BCUT2D eigenvalue weighted by Gasteiger charge is -2.35. The van der Waals surface area contributed by atoms with Crippen LogP contribution in [0.5, 0.6) is 0 Å².